The molecule has 0 aliphatic heterocycles. The van der Waals surface area contributed by atoms with Crippen LogP contribution in [0, 0.1) is 6.92 Å². The van der Waals surface area contributed by atoms with Gasteiger partial charge in [0.2, 0.25) is 0 Å². The molecule has 0 spiro atoms. The number of nitrogens with zero attached hydrogens (tertiary/aromatic N) is 1. The second-order valence-electron chi connectivity index (χ2n) is 2.73. The Morgan fingerprint density at radius 3 is 3.07 bits per heavy atom. The lowest BCUT2D eigenvalue weighted by atomic mass is 10.3. The minimum absolute atomic E-state index is 0.178. The molecule has 0 saturated heterocycles. The van der Waals surface area contributed by atoms with Crippen molar-refractivity contribution in [2.75, 3.05) is 19.2 Å². The zero-order valence-corrected chi connectivity index (χ0v) is 8.20. The van der Waals surface area contributed by atoms with Gasteiger partial charge in [-0.15, -0.1) is 0 Å². The average Bonchev–Trinajstić information content (AvgIpc) is 2.18. The van der Waals surface area contributed by atoms with Crippen LogP contribution in [0.15, 0.2) is 18.3 Å². The molecule has 2 N–H and O–H groups in total. The first-order valence-corrected chi connectivity index (χ1v) is 4.19. The first kappa shape index (κ1) is 10.5. The topological polar surface area (TPSA) is 63.2 Å². The van der Waals surface area contributed by atoms with Crippen molar-refractivity contribution in [3.05, 3.63) is 23.9 Å². The maximum absolute atomic E-state index is 11.2. The molecule has 1 aromatic rings. The van der Waals surface area contributed by atoms with Crippen LogP contribution in [0.2, 0.25) is 0 Å². The van der Waals surface area contributed by atoms with Crippen molar-refractivity contribution < 1.29 is 9.53 Å². The zero-order valence-electron chi connectivity index (χ0n) is 8.20. The Morgan fingerprint density at radius 2 is 2.43 bits per heavy atom. The van der Waals surface area contributed by atoms with E-state index in [1.807, 2.05) is 19.1 Å². The van der Waals surface area contributed by atoms with Gasteiger partial charge in [0.15, 0.2) is 0 Å². The standard InChI is InChI=1S/C9H13N3O2/c1-7-4-3-5-10-8(7)12-9(13)11-6-14-2/h3-5H,6H2,1-2H3,(H2,10,11,12,13). The summed E-state index contributed by atoms with van der Waals surface area (Å²) in [6, 6.07) is 3.36. The Morgan fingerprint density at radius 1 is 1.64 bits per heavy atom. The van der Waals surface area contributed by atoms with Crippen LogP contribution in [0.4, 0.5) is 10.6 Å². The summed E-state index contributed by atoms with van der Waals surface area (Å²) in [5, 5.41) is 5.10. The van der Waals surface area contributed by atoms with E-state index in [-0.39, 0.29) is 12.8 Å². The van der Waals surface area contributed by atoms with Crippen LogP contribution < -0.4 is 10.6 Å². The van der Waals surface area contributed by atoms with E-state index in [0.717, 1.165) is 5.56 Å². The first-order chi connectivity index (χ1) is 6.74. The van der Waals surface area contributed by atoms with Crippen LogP contribution in [0.1, 0.15) is 5.56 Å². The number of hydrogen-bond acceptors (Lipinski definition) is 3. The summed E-state index contributed by atoms with van der Waals surface area (Å²) in [6.07, 6.45) is 1.62. The van der Waals surface area contributed by atoms with Crippen molar-refractivity contribution in [3.8, 4) is 0 Å². The fraction of sp³-hybridized carbons (Fsp3) is 0.333. The SMILES string of the molecule is COCNC(=O)Nc1ncccc1C. The van der Waals surface area contributed by atoms with Crippen molar-refractivity contribution in [1.82, 2.24) is 10.3 Å². The normalized spacial score (nSPS) is 9.57. The first-order valence-electron chi connectivity index (χ1n) is 4.19. The molecule has 5 heteroatoms. The highest BCUT2D eigenvalue weighted by atomic mass is 16.5. The number of pyridine rings is 1. The highest BCUT2D eigenvalue weighted by molar-refractivity contribution is 5.88. The van der Waals surface area contributed by atoms with Gasteiger partial charge >= 0.3 is 6.03 Å². The van der Waals surface area contributed by atoms with Crippen LogP contribution >= 0.6 is 0 Å². The van der Waals surface area contributed by atoms with Crippen LogP contribution in [-0.2, 0) is 4.74 Å². The number of ether oxygens (including phenoxy) is 1. The third kappa shape index (κ3) is 3.02. The molecule has 1 aromatic heterocycles. The molecule has 5 nitrogen and oxygen atoms in total. The van der Waals surface area contributed by atoms with E-state index in [1.165, 1.54) is 7.11 Å². The van der Waals surface area contributed by atoms with E-state index in [1.54, 1.807) is 6.20 Å². The molecule has 0 aromatic carbocycles. The van der Waals surface area contributed by atoms with Gasteiger partial charge in [0.05, 0.1) is 0 Å². The number of urea groups is 1. The van der Waals surface area contributed by atoms with Gasteiger partial charge in [-0.05, 0) is 18.6 Å². The van der Waals surface area contributed by atoms with E-state index in [2.05, 4.69) is 20.4 Å². The summed E-state index contributed by atoms with van der Waals surface area (Å²) < 4.78 is 4.69. The van der Waals surface area contributed by atoms with Gasteiger partial charge in [-0.3, -0.25) is 5.32 Å². The molecule has 1 heterocycles. The number of hydrogen-bond donors (Lipinski definition) is 2. The summed E-state index contributed by atoms with van der Waals surface area (Å²) in [4.78, 5) is 15.2. The Kier molecular flexibility index (Phi) is 3.87. The number of anilines is 1. The number of aromatic nitrogens is 1. The number of nitrogens with one attached hydrogen (secondary N) is 2. The average molecular weight is 195 g/mol. The van der Waals surface area contributed by atoms with Crippen LogP contribution in [0.5, 0.6) is 0 Å². The monoisotopic (exact) mass is 195 g/mol. The number of amides is 2. The van der Waals surface area contributed by atoms with E-state index < -0.39 is 0 Å². The van der Waals surface area contributed by atoms with Gasteiger partial charge in [0, 0.05) is 13.3 Å². The summed E-state index contributed by atoms with van der Waals surface area (Å²) >= 11 is 0. The predicted molar refractivity (Wildman–Crippen MR) is 53.0 cm³/mol. The minimum atomic E-state index is -0.325. The van der Waals surface area contributed by atoms with E-state index in [4.69, 9.17) is 0 Å². The van der Waals surface area contributed by atoms with E-state index >= 15 is 0 Å². The molecule has 1 rings (SSSR count). The summed E-state index contributed by atoms with van der Waals surface area (Å²) in [6.45, 7) is 2.05. The van der Waals surface area contributed by atoms with Gasteiger partial charge in [0.25, 0.3) is 0 Å². The molecule has 0 aliphatic rings. The molecule has 76 valence electrons. The summed E-state index contributed by atoms with van der Waals surface area (Å²) in [5.74, 6) is 0.557. The van der Waals surface area contributed by atoms with Crippen molar-refractivity contribution in [3.63, 3.8) is 0 Å². The molecule has 2 amide bonds. The lowest BCUT2D eigenvalue weighted by Crippen LogP contribution is -2.30. The molecule has 14 heavy (non-hydrogen) atoms. The van der Waals surface area contributed by atoms with Crippen LogP contribution in [0.3, 0.4) is 0 Å². The number of aryl methyl sites for hydroxylation is 1. The van der Waals surface area contributed by atoms with Gasteiger partial charge < -0.3 is 10.1 Å². The molecule has 0 aliphatic carbocycles. The molecule has 0 radical (unpaired) electrons. The Balaban J connectivity index is 2.52. The quantitative estimate of drug-likeness (QED) is 0.710. The molecule has 0 fully saturated rings. The largest absolute Gasteiger partial charge is 0.364 e. The van der Waals surface area contributed by atoms with Crippen LogP contribution in [0.25, 0.3) is 0 Å². The molecule has 0 unspecified atom stereocenters. The molecule has 0 atom stereocenters. The number of carbonyl (C=O) groups excluding carboxylic acids is 1. The number of carbonyl (C=O) groups is 1. The minimum Gasteiger partial charge on any atom is -0.364 e. The maximum atomic E-state index is 11.2. The van der Waals surface area contributed by atoms with Crippen molar-refractivity contribution in [1.29, 1.82) is 0 Å². The number of methoxy groups -OCH3 is 1. The van der Waals surface area contributed by atoms with E-state index in [0.29, 0.717) is 5.82 Å². The van der Waals surface area contributed by atoms with Gasteiger partial charge in [-0.2, -0.15) is 0 Å². The summed E-state index contributed by atoms with van der Waals surface area (Å²) in [5.41, 5.74) is 0.917. The van der Waals surface area contributed by atoms with Gasteiger partial charge in [-0.1, -0.05) is 6.07 Å². The lowest BCUT2D eigenvalue weighted by molar-refractivity contribution is 0.177. The molecule has 0 saturated carbocycles. The smallest absolute Gasteiger partial charge is 0.322 e. The van der Waals surface area contributed by atoms with Crippen molar-refractivity contribution in [2.24, 2.45) is 0 Å². The van der Waals surface area contributed by atoms with Crippen molar-refractivity contribution >= 4 is 11.8 Å². The fourth-order valence-electron chi connectivity index (χ4n) is 0.906. The van der Waals surface area contributed by atoms with Gasteiger partial charge in [0.1, 0.15) is 12.5 Å². The molecule has 0 bridgehead atoms. The predicted octanol–water partition coefficient (Wildman–Crippen LogP) is 1.12. The van der Waals surface area contributed by atoms with Crippen molar-refractivity contribution in [2.45, 2.75) is 6.92 Å². The third-order valence-electron chi connectivity index (χ3n) is 1.62. The lowest BCUT2D eigenvalue weighted by Gasteiger charge is -2.07. The fourth-order valence-corrected chi connectivity index (χ4v) is 0.906. The maximum Gasteiger partial charge on any atom is 0.322 e. The highest BCUT2D eigenvalue weighted by Gasteiger charge is 2.02. The molecular formula is C9H13N3O2. The Hall–Kier alpha value is -1.62. The molecular weight excluding hydrogens is 182 g/mol. The number of rotatable bonds is 3. The van der Waals surface area contributed by atoms with E-state index in [9.17, 15) is 4.79 Å². The zero-order chi connectivity index (χ0) is 10.4. The Labute approximate surface area is 82.5 Å². The van der Waals surface area contributed by atoms with Crippen LogP contribution in [-0.4, -0.2) is 24.9 Å². The second kappa shape index (κ2) is 5.18. The second-order valence-corrected chi connectivity index (χ2v) is 2.73. The third-order valence-corrected chi connectivity index (χ3v) is 1.62. The Bertz CT molecular complexity index is 315. The summed E-state index contributed by atoms with van der Waals surface area (Å²) in [7, 11) is 1.51. The highest BCUT2D eigenvalue weighted by Crippen LogP contribution is 2.08. The van der Waals surface area contributed by atoms with Gasteiger partial charge in [-0.25, -0.2) is 9.78 Å².